The van der Waals surface area contributed by atoms with E-state index >= 15 is 0 Å². The van der Waals surface area contributed by atoms with E-state index in [9.17, 15) is 13.0 Å². The molecule has 0 aliphatic rings. The molecule has 0 saturated heterocycles. The highest BCUT2D eigenvalue weighted by atomic mass is 32.2. The Kier molecular flexibility index (Phi) is 3.63. The summed E-state index contributed by atoms with van der Waals surface area (Å²) in [4.78, 5) is 4.12. The summed E-state index contributed by atoms with van der Waals surface area (Å²) in [5.41, 5.74) is 1.41. The number of fused-ring (bicyclic) bond motifs is 3. The molecule has 0 aliphatic heterocycles. The topological polar surface area (TPSA) is 80.4 Å². The summed E-state index contributed by atoms with van der Waals surface area (Å²) in [5, 5.41) is 1.42. The van der Waals surface area contributed by atoms with Crippen LogP contribution in [0.2, 0.25) is 0 Å². The molecule has 6 heteroatoms. The molecule has 1 N–H and O–H groups in total. The molecule has 0 spiro atoms. The normalized spacial score (nSPS) is 12.4. The fourth-order valence-electron chi connectivity index (χ4n) is 2.73. The zero-order valence-corrected chi connectivity index (χ0v) is 13.8. The molecule has 0 saturated carbocycles. The summed E-state index contributed by atoms with van der Waals surface area (Å²) < 4.78 is 38.6. The number of oxazole rings is 1. The number of hydrogen-bond acceptors (Lipinski definition) is 4. The van der Waals surface area contributed by atoms with Crippen LogP contribution in [0.15, 0.2) is 70.0 Å². The van der Waals surface area contributed by atoms with Gasteiger partial charge in [0.2, 0.25) is 5.89 Å². The second kappa shape index (κ2) is 5.84. The first-order chi connectivity index (χ1) is 12.0. The van der Waals surface area contributed by atoms with Crippen molar-refractivity contribution < 1.29 is 17.4 Å². The molecule has 0 bridgehead atoms. The van der Waals surface area contributed by atoms with Crippen LogP contribution < -0.4 is 0 Å². The minimum absolute atomic E-state index is 0.0499. The highest BCUT2D eigenvalue weighted by Gasteiger charge is 2.21. The first kappa shape index (κ1) is 15.6. The van der Waals surface area contributed by atoms with Gasteiger partial charge >= 0.3 is 0 Å². The monoisotopic (exact) mass is 351 g/mol. The minimum Gasteiger partial charge on any atom is -0.435 e. The second-order valence-electron chi connectivity index (χ2n) is 5.54. The highest BCUT2D eigenvalue weighted by molar-refractivity contribution is 7.86. The van der Waals surface area contributed by atoms with Gasteiger partial charge in [-0.3, -0.25) is 4.55 Å². The van der Waals surface area contributed by atoms with Crippen LogP contribution in [0.3, 0.4) is 0 Å². The van der Waals surface area contributed by atoms with Gasteiger partial charge < -0.3 is 4.42 Å². The third kappa shape index (κ3) is 2.93. The van der Waals surface area contributed by atoms with Crippen LogP contribution in [0.5, 0.6) is 0 Å². The lowest BCUT2D eigenvalue weighted by Gasteiger charge is -2.02. The van der Waals surface area contributed by atoms with Crippen molar-refractivity contribution in [2.45, 2.75) is 4.90 Å². The van der Waals surface area contributed by atoms with E-state index < -0.39 is 10.1 Å². The standard InChI is InChI=1S/C19H13NO4S/c21-25(22,23)16-12-14-8-4-5-9-15(14)18-19(16)24-17(20-18)11-10-13-6-2-1-3-7-13/h1-12H,(H,21,22,23). The van der Waals surface area contributed by atoms with Gasteiger partial charge in [0.05, 0.1) is 0 Å². The molecule has 0 unspecified atom stereocenters. The molecule has 5 nitrogen and oxygen atoms in total. The summed E-state index contributed by atoms with van der Waals surface area (Å²) >= 11 is 0. The third-order valence-corrected chi connectivity index (χ3v) is 4.72. The van der Waals surface area contributed by atoms with Crippen LogP contribution in [-0.4, -0.2) is 18.0 Å². The molecule has 124 valence electrons. The van der Waals surface area contributed by atoms with E-state index in [1.54, 1.807) is 18.2 Å². The summed E-state index contributed by atoms with van der Waals surface area (Å²) in [6.07, 6.45) is 3.48. The molecule has 4 rings (SSSR count). The number of benzene rings is 3. The first-order valence-corrected chi connectivity index (χ1v) is 8.99. The Morgan fingerprint density at radius 2 is 1.68 bits per heavy atom. The molecule has 3 aromatic carbocycles. The lowest BCUT2D eigenvalue weighted by molar-refractivity contribution is 0.481. The van der Waals surface area contributed by atoms with Crippen LogP contribution in [-0.2, 0) is 10.1 Å². The molecule has 0 radical (unpaired) electrons. The van der Waals surface area contributed by atoms with Crippen molar-refractivity contribution in [2.75, 3.05) is 0 Å². The van der Waals surface area contributed by atoms with Gasteiger partial charge in [-0.1, -0.05) is 54.6 Å². The van der Waals surface area contributed by atoms with Crippen molar-refractivity contribution in [3.05, 3.63) is 72.1 Å². The van der Waals surface area contributed by atoms with E-state index in [0.717, 1.165) is 10.9 Å². The fraction of sp³-hybridized carbons (Fsp3) is 0. The van der Waals surface area contributed by atoms with E-state index in [1.807, 2.05) is 48.5 Å². The average Bonchev–Trinajstić information content (AvgIpc) is 3.03. The van der Waals surface area contributed by atoms with E-state index in [4.69, 9.17) is 4.42 Å². The van der Waals surface area contributed by atoms with Crippen LogP contribution >= 0.6 is 0 Å². The summed E-state index contributed by atoms with van der Waals surface area (Å²) in [6, 6.07) is 18.2. The lowest BCUT2D eigenvalue weighted by atomic mass is 10.1. The van der Waals surface area contributed by atoms with Gasteiger partial charge in [0.25, 0.3) is 10.1 Å². The molecule has 0 amide bonds. The van der Waals surface area contributed by atoms with Crippen molar-refractivity contribution in [3.63, 3.8) is 0 Å². The number of hydrogen-bond donors (Lipinski definition) is 1. The molecular weight excluding hydrogens is 338 g/mol. The lowest BCUT2D eigenvalue weighted by Crippen LogP contribution is -1.98. The van der Waals surface area contributed by atoms with Crippen LogP contribution in [0.25, 0.3) is 34.0 Å². The maximum absolute atomic E-state index is 11.7. The van der Waals surface area contributed by atoms with Crippen LogP contribution in [0, 0.1) is 0 Å². The highest BCUT2D eigenvalue weighted by Crippen LogP contribution is 2.32. The predicted octanol–water partition coefficient (Wildman–Crippen LogP) is 4.40. The fourth-order valence-corrected chi connectivity index (χ4v) is 3.37. The Hall–Kier alpha value is -2.96. The van der Waals surface area contributed by atoms with E-state index in [2.05, 4.69) is 4.98 Å². The van der Waals surface area contributed by atoms with Gasteiger partial charge in [0.1, 0.15) is 10.4 Å². The summed E-state index contributed by atoms with van der Waals surface area (Å²) in [6.45, 7) is 0. The molecule has 0 atom stereocenters. The van der Waals surface area contributed by atoms with Gasteiger partial charge in [0, 0.05) is 11.5 Å². The van der Waals surface area contributed by atoms with Gasteiger partial charge in [-0.15, -0.1) is 0 Å². The molecule has 4 aromatic rings. The maximum Gasteiger partial charge on any atom is 0.298 e. The number of aromatic nitrogens is 1. The SMILES string of the molecule is O=S(=O)(O)c1cc2ccccc2c2nc(C=Cc3ccccc3)oc12. The minimum atomic E-state index is -4.43. The molecule has 0 fully saturated rings. The second-order valence-corrected chi connectivity index (χ2v) is 6.93. The smallest absolute Gasteiger partial charge is 0.298 e. The van der Waals surface area contributed by atoms with Crippen LogP contribution in [0.1, 0.15) is 11.5 Å². The Bertz CT molecular complexity index is 1210. The van der Waals surface area contributed by atoms with Gasteiger partial charge in [0.15, 0.2) is 5.58 Å². The van der Waals surface area contributed by atoms with E-state index in [1.165, 1.54) is 6.07 Å². The predicted molar refractivity (Wildman–Crippen MR) is 96.7 cm³/mol. The number of rotatable bonds is 3. The van der Waals surface area contributed by atoms with Gasteiger partial charge in [-0.2, -0.15) is 8.42 Å². The van der Waals surface area contributed by atoms with Crippen molar-refractivity contribution in [2.24, 2.45) is 0 Å². The molecule has 1 aromatic heterocycles. The third-order valence-electron chi connectivity index (χ3n) is 3.87. The van der Waals surface area contributed by atoms with Crippen LogP contribution in [0.4, 0.5) is 0 Å². The summed E-state index contributed by atoms with van der Waals surface area (Å²) in [7, 11) is -4.43. The quantitative estimate of drug-likeness (QED) is 0.553. The van der Waals surface area contributed by atoms with Crippen molar-refractivity contribution >= 4 is 44.1 Å². The van der Waals surface area contributed by atoms with Gasteiger partial charge in [-0.25, -0.2) is 4.98 Å². The average molecular weight is 351 g/mol. The van der Waals surface area contributed by atoms with E-state index in [-0.39, 0.29) is 16.4 Å². The Balaban J connectivity index is 1.95. The van der Waals surface area contributed by atoms with Gasteiger partial charge in [-0.05, 0) is 23.1 Å². The first-order valence-electron chi connectivity index (χ1n) is 7.55. The largest absolute Gasteiger partial charge is 0.435 e. The molecule has 25 heavy (non-hydrogen) atoms. The number of nitrogens with zero attached hydrogens (tertiary/aromatic N) is 1. The zero-order chi connectivity index (χ0) is 17.4. The van der Waals surface area contributed by atoms with Crippen molar-refractivity contribution in [1.82, 2.24) is 4.98 Å². The Morgan fingerprint density at radius 1 is 0.960 bits per heavy atom. The van der Waals surface area contributed by atoms with Crippen molar-refractivity contribution in [1.29, 1.82) is 0 Å². The Labute approximate surface area is 144 Å². The van der Waals surface area contributed by atoms with Crippen molar-refractivity contribution in [3.8, 4) is 0 Å². The maximum atomic E-state index is 11.7. The summed E-state index contributed by atoms with van der Waals surface area (Å²) in [5.74, 6) is 0.264. The molecule has 0 aliphatic carbocycles. The Morgan fingerprint density at radius 3 is 2.44 bits per heavy atom. The zero-order valence-electron chi connectivity index (χ0n) is 13.0. The van der Waals surface area contributed by atoms with E-state index in [0.29, 0.717) is 10.9 Å². The molecular formula is C19H13NO4S. The molecule has 1 heterocycles.